The highest BCUT2D eigenvalue weighted by Crippen LogP contribution is 2.47. The maximum Gasteiger partial charge on any atom is 0.337 e. The number of benzene rings is 1. The number of carbonyl (C=O) groups excluding carboxylic acids is 2. The molecule has 30 heavy (non-hydrogen) atoms. The second-order valence-electron chi connectivity index (χ2n) is 9.11. The van der Waals surface area contributed by atoms with Gasteiger partial charge in [0.2, 0.25) is 0 Å². The van der Waals surface area contributed by atoms with Gasteiger partial charge in [-0.25, -0.2) is 4.79 Å². The lowest BCUT2D eigenvalue weighted by Gasteiger charge is -2.42. The molecule has 2 unspecified atom stereocenters. The van der Waals surface area contributed by atoms with Crippen LogP contribution < -0.4 is 0 Å². The van der Waals surface area contributed by atoms with E-state index in [4.69, 9.17) is 14.5 Å². The number of hydrogen-bond acceptors (Lipinski definition) is 6. The Bertz CT molecular complexity index is 814. The van der Waals surface area contributed by atoms with Crippen molar-refractivity contribution in [3.05, 3.63) is 47.5 Å². The molecule has 1 N–H and O–H groups in total. The van der Waals surface area contributed by atoms with Crippen LogP contribution in [0.2, 0.25) is 0 Å². The van der Waals surface area contributed by atoms with E-state index in [-0.39, 0.29) is 18.0 Å². The highest BCUT2D eigenvalue weighted by atomic mass is 16.6. The van der Waals surface area contributed by atoms with Gasteiger partial charge in [-0.1, -0.05) is 18.2 Å². The fourth-order valence-corrected chi connectivity index (χ4v) is 4.48. The van der Waals surface area contributed by atoms with Gasteiger partial charge in [0, 0.05) is 6.21 Å². The summed E-state index contributed by atoms with van der Waals surface area (Å²) >= 11 is 0. The molecule has 2 aliphatic rings. The zero-order valence-corrected chi connectivity index (χ0v) is 18.1. The molecule has 1 aromatic rings. The van der Waals surface area contributed by atoms with E-state index in [2.05, 4.69) is 0 Å². The average molecular weight is 414 g/mol. The lowest BCUT2D eigenvalue weighted by molar-refractivity contribution is -0.158. The van der Waals surface area contributed by atoms with Gasteiger partial charge < -0.3 is 14.6 Å². The van der Waals surface area contributed by atoms with E-state index in [9.17, 15) is 14.7 Å². The van der Waals surface area contributed by atoms with Crippen molar-refractivity contribution in [1.29, 1.82) is 0 Å². The molecule has 3 rings (SSSR count). The van der Waals surface area contributed by atoms with Crippen molar-refractivity contribution in [3.8, 4) is 0 Å². The molecule has 6 heteroatoms. The molecule has 0 spiro atoms. The minimum Gasteiger partial charge on any atom is -0.465 e. The first-order valence-electron chi connectivity index (χ1n) is 10.5. The van der Waals surface area contributed by atoms with Gasteiger partial charge >= 0.3 is 11.9 Å². The summed E-state index contributed by atoms with van der Waals surface area (Å²) in [6.07, 6.45) is 8.27. The second-order valence-corrected chi connectivity index (χ2v) is 9.11. The predicted molar refractivity (Wildman–Crippen MR) is 115 cm³/mol. The van der Waals surface area contributed by atoms with Gasteiger partial charge in [0.25, 0.3) is 0 Å². The summed E-state index contributed by atoms with van der Waals surface area (Å²) in [5, 5.41) is 9.99. The van der Waals surface area contributed by atoms with Gasteiger partial charge in [-0.15, -0.1) is 0 Å². The molecule has 0 saturated heterocycles. The number of ether oxygens (including phenoxy) is 2. The van der Waals surface area contributed by atoms with Crippen LogP contribution in [-0.2, 0) is 14.3 Å². The van der Waals surface area contributed by atoms with Crippen LogP contribution in [-0.4, -0.2) is 47.6 Å². The summed E-state index contributed by atoms with van der Waals surface area (Å²) in [6, 6.07) is 6.89. The van der Waals surface area contributed by atoms with Crippen LogP contribution in [0.3, 0.4) is 0 Å². The van der Waals surface area contributed by atoms with E-state index in [0.29, 0.717) is 18.4 Å². The molecule has 0 bridgehead atoms. The van der Waals surface area contributed by atoms with Crippen molar-refractivity contribution >= 4 is 18.2 Å². The molecule has 0 radical (unpaired) electrons. The van der Waals surface area contributed by atoms with Crippen LogP contribution in [0.25, 0.3) is 0 Å². The molecule has 1 saturated carbocycles. The Morgan fingerprint density at radius 1 is 1.13 bits per heavy atom. The summed E-state index contributed by atoms with van der Waals surface area (Å²) in [6.45, 7) is 5.54. The molecule has 2 atom stereocenters. The van der Waals surface area contributed by atoms with Crippen LogP contribution in [0.1, 0.15) is 68.3 Å². The molecule has 1 fully saturated rings. The number of aliphatic hydroxyl groups is 1. The first-order valence-corrected chi connectivity index (χ1v) is 10.5. The number of aliphatic imine (C=N–C) groups is 1. The van der Waals surface area contributed by atoms with Crippen LogP contribution in [0.4, 0.5) is 0 Å². The molecule has 0 amide bonds. The molecule has 6 nitrogen and oxygen atoms in total. The Morgan fingerprint density at radius 2 is 1.77 bits per heavy atom. The molecular weight excluding hydrogens is 382 g/mol. The van der Waals surface area contributed by atoms with Crippen LogP contribution in [0.5, 0.6) is 0 Å². The average Bonchev–Trinajstić information content (AvgIpc) is 3.17. The van der Waals surface area contributed by atoms with Crippen molar-refractivity contribution in [2.75, 3.05) is 7.11 Å². The van der Waals surface area contributed by atoms with E-state index in [1.807, 2.05) is 32.9 Å². The van der Waals surface area contributed by atoms with Crippen LogP contribution >= 0.6 is 0 Å². The van der Waals surface area contributed by atoms with Crippen molar-refractivity contribution < 1.29 is 24.2 Å². The zero-order chi connectivity index (χ0) is 21.9. The number of nitrogens with zero attached hydrogens (tertiary/aromatic N) is 1. The summed E-state index contributed by atoms with van der Waals surface area (Å²) in [5.74, 6) is -1.32. The molecule has 162 valence electrons. The van der Waals surface area contributed by atoms with Gasteiger partial charge in [-0.3, -0.25) is 9.79 Å². The van der Waals surface area contributed by atoms with Gasteiger partial charge in [0.15, 0.2) is 0 Å². The molecule has 1 aliphatic heterocycles. The normalized spacial score (nSPS) is 27.0. The summed E-state index contributed by atoms with van der Waals surface area (Å²) in [5.41, 5.74) is -0.247. The second kappa shape index (κ2) is 8.72. The number of aliphatic hydroxyl groups excluding tert-OH is 1. The van der Waals surface area contributed by atoms with Crippen LogP contribution in [0.15, 0.2) is 41.4 Å². The Labute approximate surface area is 178 Å². The number of rotatable bonds is 5. The summed E-state index contributed by atoms with van der Waals surface area (Å²) < 4.78 is 10.6. The van der Waals surface area contributed by atoms with Gasteiger partial charge in [-0.2, -0.15) is 0 Å². The topological polar surface area (TPSA) is 85.2 Å². The number of methoxy groups -OCH3 is 1. The van der Waals surface area contributed by atoms with E-state index in [0.717, 1.165) is 18.4 Å². The van der Waals surface area contributed by atoms with E-state index >= 15 is 0 Å². The number of allylic oxidation sites excluding steroid dienone is 1. The van der Waals surface area contributed by atoms with Crippen LogP contribution in [0, 0.1) is 5.92 Å². The minimum atomic E-state index is -0.769. The first-order chi connectivity index (χ1) is 14.2. The third-order valence-corrected chi connectivity index (χ3v) is 5.87. The molecule has 0 aromatic heterocycles. The standard InChI is InChI=1S/C24H31NO5/c1-23(2,3)30-22(28)20(16-6-8-17(9-7-16)21(27)29-4)24(14-5-15-25-24)18-10-12-19(26)13-11-18/h5-9,14-15,18-20,26H,10-13H2,1-4H3. The highest BCUT2D eigenvalue weighted by molar-refractivity contribution is 5.90. The monoisotopic (exact) mass is 413 g/mol. The fourth-order valence-electron chi connectivity index (χ4n) is 4.48. The minimum absolute atomic E-state index is 0.105. The maximum absolute atomic E-state index is 13.5. The maximum atomic E-state index is 13.5. The SMILES string of the molecule is COC(=O)c1ccc(C(C(=O)OC(C)(C)C)C2(C3CCC(O)CC3)C=CC=N2)cc1. The lowest BCUT2D eigenvalue weighted by Crippen LogP contribution is -2.46. The fraction of sp³-hybridized carbons (Fsp3) is 0.542. The van der Waals surface area contributed by atoms with Crippen molar-refractivity contribution in [1.82, 2.24) is 0 Å². The quantitative estimate of drug-likeness (QED) is 0.742. The smallest absolute Gasteiger partial charge is 0.337 e. The van der Waals surface area contributed by atoms with E-state index in [1.54, 1.807) is 30.5 Å². The third-order valence-electron chi connectivity index (χ3n) is 5.87. The van der Waals surface area contributed by atoms with Gasteiger partial charge in [0.1, 0.15) is 11.5 Å². The first kappa shape index (κ1) is 22.2. The van der Waals surface area contributed by atoms with Crippen molar-refractivity contribution in [2.24, 2.45) is 10.9 Å². The molecular formula is C24H31NO5. The Balaban J connectivity index is 2.04. The number of hydrogen-bond donors (Lipinski definition) is 1. The summed E-state index contributed by atoms with van der Waals surface area (Å²) in [4.78, 5) is 30.1. The predicted octanol–water partition coefficient (Wildman–Crippen LogP) is 3.83. The molecule has 1 heterocycles. The Hall–Kier alpha value is -2.47. The van der Waals surface area contributed by atoms with Gasteiger partial charge in [0.05, 0.1) is 24.3 Å². The zero-order valence-electron chi connectivity index (χ0n) is 18.1. The number of carbonyl (C=O) groups is 2. The highest BCUT2D eigenvalue weighted by Gasteiger charge is 2.50. The number of esters is 2. The molecule has 1 aromatic carbocycles. The van der Waals surface area contributed by atoms with E-state index in [1.165, 1.54) is 7.11 Å². The van der Waals surface area contributed by atoms with E-state index < -0.39 is 23.0 Å². The Morgan fingerprint density at radius 3 is 2.27 bits per heavy atom. The Kier molecular flexibility index (Phi) is 6.46. The van der Waals surface area contributed by atoms with Crippen molar-refractivity contribution in [2.45, 2.75) is 69.6 Å². The van der Waals surface area contributed by atoms with Gasteiger partial charge in [-0.05, 0) is 76.1 Å². The largest absolute Gasteiger partial charge is 0.465 e. The van der Waals surface area contributed by atoms with Crippen molar-refractivity contribution in [3.63, 3.8) is 0 Å². The molecule has 1 aliphatic carbocycles. The summed E-state index contributed by atoms with van der Waals surface area (Å²) in [7, 11) is 1.34. The lowest BCUT2D eigenvalue weighted by atomic mass is 9.66. The third kappa shape index (κ3) is 4.64.